The van der Waals surface area contributed by atoms with E-state index in [4.69, 9.17) is 32.2 Å². The lowest BCUT2D eigenvalue weighted by Gasteiger charge is -2.16. The third-order valence-corrected chi connectivity index (χ3v) is 4.70. The summed E-state index contributed by atoms with van der Waals surface area (Å²) in [5.74, 6) is 2.46. The SMILES string of the molecule is COc1cc(/C=N/NC(N)=S)cc(Br)c1OCCOc1cc(C)ccc1C(C)C. The van der Waals surface area contributed by atoms with Crippen LogP contribution < -0.4 is 25.4 Å². The normalized spacial score (nSPS) is 11.0. The fourth-order valence-electron chi connectivity index (χ4n) is 2.66. The largest absolute Gasteiger partial charge is 0.493 e. The molecule has 0 heterocycles. The molecule has 0 spiro atoms. The van der Waals surface area contributed by atoms with Gasteiger partial charge < -0.3 is 19.9 Å². The molecule has 0 atom stereocenters. The number of halogens is 1. The van der Waals surface area contributed by atoms with Gasteiger partial charge in [0, 0.05) is 0 Å². The van der Waals surface area contributed by atoms with E-state index in [1.807, 2.05) is 12.1 Å². The smallest absolute Gasteiger partial charge is 0.184 e. The van der Waals surface area contributed by atoms with E-state index >= 15 is 0 Å². The van der Waals surface area contributed by atoms with Crippen LogP contribution in [0.1, 0.15) is 36.5 Å². The number of benzene rings is 2. The summed E-state index contributed by atoms with van der Waals surface area (Å²) in [6.45, 7) is 7.14. The monoisotopic (exact) mass is 479 g/mol. The standard InChI is InChI=1S/C21H26BrN3O3S/c1-13(2)16-6-5-14(3)9-18(16)27-7-8-28-20-17(22)10-15(11-19(20)26-4)12-24-25-21(23)29/h5-6,9-13H,7-8H2,1-4H3,(H3,23,25,29)/b24-12+. The summed E-state index contributed by atoms with van der Waals surface area (Å²) in [4.78, 5) is 0. The summed E-state index contributed by atoms with van der Waals surface area (Å²) in [5, 5.41) is 4.05. The van der Waals surface area contributed by atoms with Crippen molar-refractivity contribution in [2.24, 2.45) is 10.8 Å². The van der Waals surface area contributed by atoms with E-state index in [1.54, 1.807) is 13.3 Å². The second-order valence-electron chi connectivity index (χ2n) is 6.66. The Balaban J connectivity index is 2.03. The Hall–Kier alpha value is -2.32. The predicted octanol–water partition coefficient (Wildman–Crippen LogP) is 4.51. The number of nitrogens with two attached hydrogens (primary N) is 1. The topological polar surface area (TPSA) is 78.1 Å². The molecule has 0 unspecified atom stereocenters. The van der Waals surface area contributed by atoms with Gasteiger partial charge in [0.15, 0.2) is 16.6 Å². The lowest BCUT2D eigenvalue weighted by atomic mass is 10.0. The highest BCUT2D eigenvalue weighted by atomic mass is 79.9. The Kier molecular flexibility index (Phi) is 8.72. The van der Waals surface area contributed by atoms with Crippen molar-refractivity contribution in [2.45, 2.75) is 26.7 Å². The average Bonchev–Trinajstić information content (AvgIpc) is 2.65. The second-order valence-corrected chi connectivity index (χ2v) is 7.96. The van der Waals surface area contributed by atoms with E-state index in [0.717, 1.165) is 21.3 Å². The Labute approximate surface area is 185 Å². The molecule has 0 aliphatic rings. The minimum Gasteiger partial charge on any atom is -0.493 e. The first-order chi connectivity index (χ1) is 13.8. The third-order valence-electron chi connectivity index (χ3n) is 4.02. The Morgan fingerprint density at radius 2 is 1.93 bits per heavy atom. The predicted molar refractivity (Wildman–Crippen MR) is 124 cm³/mol. The van der Waals surface area contributed by atoms with E-state index < -0.39 is 0 Å². The summed E-state index contributed by atoms with van der Waals surface area (Å²) in [6.07, 6.45) is 1.59. The van der Waals surface area contributed by atoms with Gasteiger partial charge in [-0.3, -0.25) is 5.43 Å². The van der Waals surface area contributed by atoms with Crippen molar-refractivity contribution in [3.63, 3.8) is 0 Å². The number of hydrogen-bond acceptors (Lipinski definition) is 5. The van der Waals surface area contributed by atoms with Gasteiger partial charge in [0.1, 0.15) is 19.0 Å². The Morgan fingerprint density at radius 1 is 1.21 bits per heavy atom. The number of nitrogens with one attached hydrogen (secondary N) is 1. The molecule has 8 heteroatoms. The first-order valence-corrected chi connectivity index (χ1v) is 10.3. The highest BCUT2D eigenvalue weighted by Crippen LogP contribution is 2.36. The highest BCUT2D eigenvalue weighted by Gasteiger charge is 2.12. The quantitative estimate of drug-likeness (QED) is 0.238. The van der Waals surface area contributed by atoms with Crippen molar-refractivity contribution in [3.05, 3.63) is 51.5 Å². The van der Waals surface area contributed by atoms with Crippen molar-refractivity contribution in [1.82, 2.24) is 5.43 Å². The molecule has 0 saturated carbocycles. The molecule has 0 saturated heterocycles. The molecule has 2 aromatic carbocycles. The van der Waals surface area contributed by atoms with Crippen LogP contribution in [0.25, 0.3) is 0 Å². The first-order valence-electron chi connectivity index (χ1n) is 9.14. The zero-order valence-electron chi connectivity index (χ0n) is 17.0. The van der Waals surface area contributed by atoms with Gasteiger partial charge in [-0.25, -0.2) is 0 Å². The molecule has 0 fully saturated rings. The van der Waals surface area contributed by atoms with E-state index in [0.29, 0.717) is 30.6 Å². The number of hydrazone groups is 1. The molecule has 0 radical (unpaired) electrons. The number of rotatable bonds is 9. The molecule has 2 rings (SSSR count). The molecule has 6 nitrogen and oxygen atoms in total. The molecule has 29 heavy (non-hydrogen) atoms. The zero-order chi connectivity index (χ0) is 21.4. The van der Waals surface area contributed by atoms with E-state index in [1.165, 1.54) is 5.56 Å². The fraction of sp³-hybridized carbons (Fsp3) is 0.333. The summed E-state index contributed by atoms with van der Waals surface area (Å²) in [7, 11) is 1.58. The molecule has 0 amide bonds. The van der Waals surface area contributed by atoms with Gasteiger partial charge >= 0.3 is 0 Å². The minimum atomic E-state index is 0.0986. The molecule has 0 aliphatic carbocycles. The Morgan fingerprint density at radius 3 is 2.59 bits per heavy atom. The maximum Gasteiger partial charge on any atom is 0.184 e. The van der Waals surface area contributed by atoms with Crippen LogP contribution in [0.2, 0.25) is 0 Å². The lowest BCUT2D eigenvalue weighted by molar-refractivity contribution is 0.209. The summed E-state index contributed by atoms with van der Waals surface area (Å²) >= 11 is 8.24. The molecular weight excluding hydrogens is 454 g/mol. The number of nitrogens with zero attached hydrogens (tertiary/aromatic N) is 1. The maximum atomic E-state index is 5.98. The molecule has 156 valence electrons. The Bertz CT molecular complexity index is 888. The highest BCUT2D eigenvalue weighted by molar-refractivity contribution is 9.10. The van der Waals surface area contributed by atoms with Crippen LogP contribution in [-0.4, -0.2) is 31.7 Å². The lowest BCUT2D eigenvalue weighted by Crippen LogP contribution is -2.23. The van der Waals surface area contributed by atoms with E-state index in [-0.39, 0.29) is 5.11 Å². The second kappa shape index (κ2) is 11.0. The van der Waals surface area contributed by atoms with Crippen LogP contribution in [0, 0.1) is 6.92 Å². The minimum absolute atomic E-state index is 0.0986. The third kappa shape index (κ3) is 6.90. The number of thiocarbonyl (C=S) groups is 1. The van der Waals surface area contributed by atoms with Gasteiger partial charge in [-0.1, -0.05) is 26.0 Å². The van der Waals surface area contributed by atoms with Crippen molar-refractivity contribution < 1.29 is 14.2 Å². The number of ether oxygens (including phenoxy) is 3. The number of methoxy groups -OCH3 is 1. The molecule has 3 N–H and O–H groups in total. The van der Waals surface area contributed by atoms with Gasteiger partial charge in [-0.2, -0.15) is 5.10 Å². The zero-order valence-corrected chi connectivity index (χ0v) is 19.4. The van der Waals surface area contributed by atoms with Gasteiger partial charge in [-0.15, -0.1) is 0 Å². The van der Waals surface area contributed by atoms with Crippen molar-refractivity contribution in [3.8, 4) is 17.2 Å². The van der Waals surface area contributed by atoms with Gasteiger partial charge in [0.25, 0.3) is 0 Å². The molecule has 0 bridgehead atoms. The van der Waals surface area contributed by atoms with Crippen molar-refractivity contribution in [1.29, 1.82) is 0 Å². The molecule has 2 aromatic rings. The van der Waals surface area contributed by atoms with E-state index in [2.05, 4.69) is 65.4 Å². The summed E-state index contributed by atoms with van der Waals surface area (Å²) in [5.41, 5.74) is 11.0. The van der Waals surface area contributed by atoms with Gasteiger partial charge in [-0.05, 0) is 75.9 Å². The number of hydrogen-bond donors (Lipinski definition) is 2. The van der Waals surface area contributed by atoms with Gasteiger partial charge in [0.05, 0.1) is 17.8 Å². The van der Waals surface area contributed by atoms with Crippen LogP contribution >= 0.6 is 28.1 Å². The molecule has 0 aliphatic heterocycles. The maximum absolute atomic E-state index is 5.98. The van der Waals surface area contributed by atoms with Gasteiger partial charge in [0.2, 0.25) is 0 Å². The number of aryl methyl sites for hydroxylation is 1. The van der Waals surface area contributed by atoms with Crippen LogP contribution in [0.15, 0.2) is 39.9 Å². The summed E-state index contributed by atoms with van der Waals surface area (Å²) < 4.78 is 18.1. The first kappa shape index (κ1) is 23.0. The molecular formula is C21H26BrN3O3S. The average molecular weight is 480 g/mol. The molecule has 0 aromatic heterocycles. The van der Waals surface area contributed by atoms with Crippen molar-refractivity contribution in [2.75, 3.05) is 20.3 Å². The van der Waals surface area contributed by atoms with Crippen LogP contribution in [0.3, 0.4) is 0 Å². The van der Waals surface area contributed by atoms with E-state index in [9.17, 15) is 0 Å². The summed E-state index contributed by atoms with van der Waals surface area (Å²) in [6, 6.07) is 9.94. The van der Waals surface area contributed by atoms with Crippen LogP contribution in [0.4, 0.5) is 0 Å². The van der Waals surface area contributed by atoms with Crippen LogP contribution in [0.5, 0.6) is 17.2 Å². The fourth-order valence-corrected chi connectivity index (χ4v) is 3.29. The van der Waals surface area contributed by atoms with Crippen molar-refractivity contribution >= 4 is 39.5 Å². The van der Waals surface area contributed by atoms with Crippen LogP contribution in [-0.2, 0) is 0 Å².